The monoisotopic (exact) mass is 478 g/mol. The predicted octanol–water partition coefficient (Wildman–Crippen LogP) is 6.63. The minimum atomic E-state index is -3.52. The van der Waals surface area contributed by atoms with Crippen LogP contribution < -0.4 is 5.32 Å². The summed E-state index contributed by atoms with van der Waals surface area (Å²) in [6, 6.07) is 11.1. The van der Waals surface area contributed by atoms with Gasteiger partial charge in [0.15, 0.2) is 0 Å². The van der Waals surface area contributed by atoms with E-state index in [0.29, 0.717) is 28.0 Å². The minimum Gasteiger partial charge on any atom is -0.378 e. The van der Waals surface area contributed by atoms with Crippen molar-refractivity contribution >= 4 is 38.9 Å². The van der Waals surface area contributed by atoms with E-state index in [-0.39, 0.29) is 17.9 Å². The molecule has 1 aliphatic carbocycles. The van der Waals surface area contributed by atoms with Crippen molar-refractivity contribution in [2.75, 3.05) is 18.4 Å². The van der Waals surface area contributed by atoms with Crippen LogP contribution in [-0.4, -0.2) is 25.8 Å². The third kappa shape index (κ3) is 4.25. The molecule has 1 heterocycles. The molecule has 1 aliphatic heterocycles. The number of rotatable bonds is 7. The Kier molecular flexibility index (Phi) is 6.68. The van der Waals surface area contributed by atoms with Crippen LogP contribution >= 0.6 is 23.2 Å². The summed E-state index contributed by atoms with van der Waals surface area (Å²) in [6.07, 6.45) is 6.89. The standard InChI is InChI=1S/C24H28Cl2N2O2S/c1-3-12-28(13-4-2)31(29,30)17-9-11-23-21(15-17)18-6-5-7-19(18)24(27-23)20-10-8-16(25)14-22(20)26/h5-6,8-11,14-15,18-19,24,27H,3-4,7,12-13H2,1-2H3. The molecule has 0 spiro atoms. The quantitative estimate of drug-likeness (QED) is 0.454. The third-order valence-electron chi connectivity index (χ3n) is 6.22. The van der Waals surface area contributed by atoms with Crippen LogP contribution in [0.5, 0.6) is 0 Å². The Morgan fingerprint density at radius 2 is 1.77 bits per heavy atom. The van der Waals surface area contributed by atoms with E-state index in [1.807, 2.05) is 38.1 Å². The van der Waals surface area contributed by atoms with Gasteiger partial charge in [0.2, 0.25) is 10.0 Å². The molecule has 2 aromatic carbocycles. The molecule has 0 aromatic heterocycles. The number of allylic oxidation sites excluding steroid dienone is 2. The molecule has 2 aromatic rings. The molecule has 3 unspecified atom stereocenters. The van der Waals surface area contributed by atoms with Gasteiger partial charge in [-0.1, -0.05) is 55.3 Å². The first-order chi connectivity index (χ1) is 14.9. The van der Waals surface area contributed by atoms with Crippen LogP contribution in [0.2, 0.25) is 10.0 Å². The van der Waals surface area contributed by atoms with Crippen molar-refractivity contribution in [3.63, 3.8) is 0 Å². The highest BCUT2D eigenvalue weighted by Crippen LogP contribution is 2.51. The number of sulfonamides is 1. The van der Waals surface area contributed by atoms with Crippen LogP contribution in [0.4, 0.5) is 5.69 Å². The van der Waals surface area contributed by atoms with Gasteiger partial charge in [-0.3, -0.25) is 0 Å². The van der Waals surface area contributed by atoms with E-state index >= 15 is 0 Å². The van der Waals surface area contributed by atoms with Gasteiger partial charge in [-0.25, -0.2) is 8.42 Å². The molecule has 0 amide bonds. The number of fused-ring (bicyclic) bond motifs is 3. The molecular weight excluding hydrogens is 451 g/mol. The minimum absolute atomic E-state index is 0.0383. The first-order valence-corrected chi connectivity index (χ1v) is 13.1. The Hall–Kier alpha value is -1.53. The van der Waals surface area contributed by atoms with Gasteiger partial charge in [0.1, 0.15) is 0 Å². The fraction of sp³-hybridized carbons (Fsp3) is 0.417. The zero-order valence-electron chi connectivity index (χ0n) is 17.8. The van der Waals surface area contributed by atoms with Gasteiger partial charge in [0.05, 0.1) is 10.9 Å². The molecule has 1 N–H and O–H groups in total. The number of benzene rings is 2. The third-order valence-corrected chi connectivity index (χ3v) is 8.67. The summed E-state index contributed by atoms with van der Waals surface area (Å²) in [6.45, 7) is 5.08. The normalized spacial score (nSPS) is 22.3. The van der Waals surface area contributed by atoms with Gasteiger partial charge in [0.25, 0.3) is 0 Å². The fourth-order valence-corrected chi connectivity index (χ4v) is 6.98. The Morgan fingerprint density at radius 3 is 2.45 bits per heavy atom. The van der Waals surface area contributed by atoms with Crippen molar-refractivity contribution in [1.82, 2.24) is 4.31 Å². The van der Waals surface area contributed by atoms with Gasteiger partial charge in [-0.15, -0.1) is 0 Å². The van der Waals surface area contributed by atoms with Crippen molar-refractivity contribution < 1.29 is 8.42 Å². The Morgan fingerprint density at radius 1 is 1.03 bits per heavy atom. The highest BCUT2D eigenvalue weighted by atomic mass is 35.5. The Bertz CT molecular complexity index is 1090. The Labute approximate surface area is 195 Å². The summed E-state index contributed by atoms with van der Waals surface area (Å²) in [5.41, 5.74) is 3.01. The lowest BCUT2D eigenvalue weighted by Gasteiger charge is -2.38. The SMILES string of the molecule is CCCN(CCC)S(=O)(=O)c1ccc2c(c1)C1C=CCC1C(c1ccc(Cl)cc1Cl)N2. The lowest BCUT2D eigenvalue weighted by molar-refractivity contribution is 0.409. The molecule has 7 heteroatoms. The predicted molar refractivity (Wildman–Crippen MR) is 129 cm³/mol. The van der Waals surface area contributed by atoms with E-state index < -0.39 is 10.0 Å². The van der Waals surface area contributed by atoms with Gasteiger partial charge >= 0.3 is 0 Å². The molecule has 166 valence electrons. The maximum absolute atomic E-state index is 13.3. The summed E-state index contributed by atoms with van der Waals surface area (Å²) >= 11 is 12.6. The Balaban J connectivity index is 1.72. The number of anilines is 1. The molecule has 2 aliphatic rings. The topological polar surface area (TPSA) is 49.4 Å². The van der Waals surface area contributed by atoms with E-state index in [0.717, 1.165) is 36.1 Å². The number of nitrogens with zero attached hydrogens (tertiary/aromatic N) is 1. The largest absolute Gasteiger partial charge is 0.378 e. The lowest BCUT2D eigenvalue weighted by atomic mass is 9.77. The number of hydrogen-bond acceptors (Lipinski definition) is 3. The van der Waals surface area contributed by atoms with Crippen LogP contribution in [0.25, 0.3) is 0 Å². The zero-order chi connectivity index (χ0) is 22.2. The van der Waals surface area contributed by atoms with Crippen molar-refractivity contribution in [3.05, 3.63) is 69.7 Å². The summed E-state index contributed by atoms with van der Waals surface area (Å²) in [4.78, 5) is 0.372. The molecule has 0 fully saturated rings. The van der Waals surface area contributed by atoms with E-state index in [1.165, 1.54) is 0 Å². The second kappa shape index (κ2) is 9.14. The van der Waals surface area contributed by atoms with Crippen molar-refractivity contribution in [2.24, 2.45) is 5.92 Å². The zero-order valence-corrected chi connectivity index (χ0v) is 20.1. The number of nitrogens with one attached hydrogen (secondary N) is 1. The molecule has 4 rings (SSSR count). The molecule has 0 bridgehead atoms. The first kappa shape index (κ1) is 22.7. The van der Waals surface area contributed by atoms with Crippen LogP contribution in [0.3, 0.4) is 0 Å². The smallest absolute Gasteiger partial charge is 0.243 e. The van der Waals surface area contributed by atoms with Crippen molar-refractivity contribution in [1.29, 1.82) is 0 Å². The van der Waals surface area contributed by atoms with E-state index in [2.05, 4.69) is 17.5 Å². The van der Waals surface area contributed by atoms with Crippen LogP contribution in [0.15, 0.2) is 53.4 Å². The summed E-state index contributed by atoms with van der Waals surface area (Å²) in [7, 11) is -3.52. The van der Waals surface area contributed by atoms with Crippen LogP contribution in [0.1, 0.15) is 56.2 Å². The molecule has 0 saturated heterocycles. The maximum atomic E-state index is 13.3. The number of hydrogen-bond donors (Lipinski definition) is 1. The first-order valence-electron chi connectivity index (χ1n) is 10.9. The fourth-order valence-electron chi connectivity index (χ4n) is 4.79. The van der Waals surface area contributed by atoms with Crippen molar-refractivity contribution in [3.8, 4) is 0 Å². The van der Waals surface area contributed by atoms with Crippen LogP contribution in [-0.2, 0) is 10.0 Å². The molecular formula is C24H28Cl2N2O2S. The number of halogens is 2. The van der Waals surface area contributed by atoms with Gasteiger partial charge < -0.3 is 5.32 Å². The molecule has 3 atom stereocenters. The van der Waals surface area contributed by atoms with Crippen LogP contribution in [0, 0.1) is 5.92 Å². The highest BCUT2D eigenvalue weighted by molar-refractivity contribution is 7.89. The molecule has 0 saturated carbocycles. The molecule has 0 radical (unpaired) electrons. The summed E-state index contributed by atoms with van der Waals surface area (Å²) in [5.74, 6) is 0.417. The van der Waals surface area contributed by atoms with Gasteiger partial charge in [-0.05, 0) is 66.6 Å². The maximum Gasteiger partial charge on any atom is 0.243 e. The summed E-state index contributed by atoms with van der Waals surface area (Å²) < 4.78 is 28.2. The average molecular weight is 479 g/mol. The second-order valence-corrected chi connectivity index (χ2v) is 11.1. The van der Waals surface area contributed by atoms with Gasteiger partial charge in [-0.2, -0.15) is 4.31 Å². The van der Waals surface area contributed by atoms with E-state index in [4.69, 9.17) is 23.2 Å². The second-order valence-electron chi connectivity index (χ2n) is 8.29. The summed E-state index contributed by atoms with van der Waals surface area (Å²) in [5, 5.41) is 4.89. The van der Waals surface area contributed by atoms with E-state index in [1.54, 1.807) is 16.4 Å². The van der Waals surface area contributed by atoms with Gasteiger partial charge in [0, 0.05) is 34.7 Å². The van der Waals surface area contributed by atoms with E-state index in [9.17, 15) is 8.42 Å². The average Bonchev–Trinajstić information content (AvgIpc) is 3.23. The lowest BCUT2D eigenvalue weighted by Crippen LogP contribution is -2.33. The highest BCUT2D eigenvalue weighted by Gasteiger charge is 2.39. The molecule has 4 nitrogen and oxygen atoms in total. The van der Waals surface area contributed by atoms with Crippen molar-refractivity contribution in [2.45, 2.75) is 50.0 Å². The molecule has 31 heavy (non-hydrogen) atoms.